The monoisotopic (exact) mass is 345 g/mol. The number of nitrogens with one attached hydrogen (secondary N) is 1. The molecular formula is C17H17F2N5O. The Kier molecular flexibility index (Phi) is 3.95. The van der Waals surface area contributed by atoms with Crippen molar-refractivity contribution >= 4 is 22.6 Å². The molecule has 0 saturated carbocycles. The molecule has 1 aliphatic heterocycles. The zero-order valence-corrected chi connectivity index (χ0v) is 13.4. The van der Waals surface area contributed by atoms with Gasteiger partial charge in [-0.25, -0.2) is 13.8 Å². The second kappa shape index (κ2) is 6.27. The maximum atomic E-state index is 12.8. The van der Waals surface area contributed by atoms with Crippen LogP contribution in [0.25, 0.3) is 10.9 Å². The van der Waals surface area contributed by atoms with E-state index in [0.29, 0.717) is 29.6 Å². The first-order chi connectivity index (χ1) is 12.1. The van der Waals surface area contributed by atoms with Crippen LogP contribution in [0.3, 0.4) is 0 Å². The lowest BCUT2D eigenvalue weighted by atomic mass is 9.97. The van der Waals surface area contributed by atoms with Crippen LogP contribution in [0.4, 0.5) is 14.6 Å². The second-order valence-corrected chi connectivity index (χ2v) is 6.15. The van der Waals surface area contributed by atoms with Gasteiger partial charge in [-0.05, 0) is 18.6 Å². The Morgan fingerprint density at radius 2 is 2.20 bits per heavy atom. The fourth-order valence-electron chi connectivity index (χ4n) is 3.28. The lowest BCUT2D eigenvalue weighted by Gasteiger charge is -2.22. The van der Waals surface area contributed by atoms with Crippen molar-refractivity contribution in [2.45, 2.75) is 32.4 Å². The van der Waals surface area contributed by atoms with Gasteiger partial charge in [-0.15, -0.1) is 0 Å². The Balaban J connectivity index is 1.57. The zero-order valence-electron chi connectivity index (χ0n) is 13.4. The molecule has 130 valence electrons. The van der Waals surface area contributed by atoms with E-state index >= 15 is 0 Å². The molecule has 1 aliphatic rings. The van der Waals surface area contributed by atoms with Gasteiger partial charge in [-0.3, -0.25) is 9.48 Å². The largest absolute Gasteiger partial charge is 0.335 e. The Labute approximate surface area is 142 Å². The molecule has 0 saturated heterocycles. The number of aromatic nitrogens is 4. The summed E-state index contributed by atoms with van der Waals surface area (Å²) in [5, 5.41) is 7.66. The number of rotatable bonds is 4. The summed E-state index contributed by atoms with van der Waals surface area (Å²) in [6, 6.07) is 7.05. The Morgan fingerprint density at radius 3 is 3.04 bits per heavy atom. The van der Waals surface area contributed by atoms with Crippen molar-refractivity contribution in [3.05, 3.63) is 42.5 Å². The van der Waals surface area contributed by atoms with Crippen LogP contribution in [-0.4, -0.2) is 31.7 Å². The van der Waals surface area contributed by atoms with Gasteiger partial charge in [0.05, 0.1) is 5.52 Å². The molecule has 1 N–H and O–H groups in total. The highest BCUT2D eigenvalue weighted by atomic mass is 19.3. The Morgan fingerprint density at radius 1 is 1.36 bits per heavy atom. The molecule has 1 atom stereocenters. The molecule has 1 amide bonds. The quantitative estimate of drug-likeness (QED) is 0.791. The topological polar surface area (TPSA) is 64.7 Å². The van der Waals surface area contributed by atoms with E-state index in [-0.39, 0.29) is 11.8 Å². The van der Waals surface area contributed by atoms with Gasteiger partial charge in [0.25, 0.3) is 6.43 Å². The number of benzene rings is 1. The van der Waals surface area contributed by atoms with Crippen LogP contribution in [0.2, 0.25) is 0 Å². The predicted molar refractivity (Wildman–Crippen MR) is 88.4 cm³/mol. The van der Waals surface area contributed by atoms with Crippen molar-refractivity contribution in [2.75, 3.05) is 5.32 Å². The number of hydrogen-bond donors (Lipinski definition) is 1. The number of para-hydroxylation sites is 1. The van der Waals surface area contributed by atoms with E-state index in [0.717, 1.165) is 12.4 Å². The van der Waals surface area contributed by atoms with E-state index in [2.05, 4.69) is 15.4 Å². The number of carbonyl (C=O) groups excluding carboxylic acids is 1. The maximum Gasteiger partial charge on any atom is 0.257 e. The number of halogens is 2. The van der Waals surface area contributed by atoms with E-state index in [1.165, 1.54) is 4.68 Å². The summed E-state index contributed by atoms with van der Waals surface area (Å²) in [5.41, 5.74) is 0.581. The van der Waals surface area contributed by atoms with Crippen LogP contribution < -0.4 is 5.32 Å². The van der Waals surface area contributed by atoms with Crippen LogP contribution in [-0.2, 0) is 24.3 Å². The van der Waals surface area contributed by atoms with E-state index in [9.17, 15) is 13.6 Å². The summed E-state index contributed by atoms with van der Waals surface area (Å²) in [4.78, 5) is 16.9. The highest BCUT2D eigenvalue weighted by Gasteiger charge is 2.26. The first-order valence-corrected chi connectivity index (χ1v) is 8.16. The smallest absolute Gasteiger partial charge is 0.257 e. The van der Waals surface area contributed by atoms with Gasteiger partial charge in [0.2, 0.25) is 5.91 Å². The number of nitrogens with zero attached hydrogens (tertiary/aromatic N) is 4. The number of aryl methyl sites for hydroxylation is 1. The van der Waals surface area contributed by atoms with Crippen molar-refractivity contribution in [3.63, 3.8) is 0 Å². The average Bonchev–Trinajstić information content (AvgIpc) is 3.19. The number of imidazole rings is 1. The number of carbonyl (C=O) groups is 1. The predicted octanol–water partition coefficient (Wildman–Crippen LogP) is 2.70. The average molecular weight is 345 g/mol. The molecule has 6 nitrogen and oxygen atoms in total. The molecule has 3 aromatic rings. The molecular weight excluding hydrogens is 328 g/mol. The third-order valence-corrected chi connectivity index (χ3v) is 4.53. The highest BCUT2D eigenvalue weighted by molar-refractivity contribution is 6.00. The van der Waals surface area contributed by atoms with Gasteiger partial charge in [0.15, 0.2) is 5.82 Å². The summed E-state index contributed by atoms with van der Waals surface area (Å²) >= 11 is 0. The van der Waals surface area contributed by atoms with Gasteiger partial charge in [-0.2, -0.15) is 5.10 Å². The molecule has 2 aromatic heterocycles. The van der Waals surface area contributed by atoms with Crippen LogP contribution in [0.15, 0.2) is 36.7 Å². The lowest BCUT2D eigenvalue weighted by Crippen LogP contribution is -2.30. The minimum absolute atomic E-state index is 0.151. The standard InChI is InChI=1S/C17H17F2N5O/c18-14(19)10-24-13-4-2-1-3-12(13)16(22-24)21-17(25)11-5-7-23-8-6-20-15(23)9-11/h1-4,6,8,11,14H,5,7,9-10H2,(H,21,22,25). The third kappa shape index (κ3) is 2.99. The van der Waals surface area contributed by atoms with E-state index < -0.39 is 13.0 Å². The van der Waals surface area contributed by atoms with Gasteiger partial charge in [0.1, 0.15) is 12.4 Å². The van der Waals surface area contributed by atoms with Crippen LogP contribution in [0, 0.1) is 5.92 Å². The summed E-state index contributed by atoms with van der Waals surface area (Å²) in [6.45, 7) is 0.241. The SMILES string of the molecule is O=C(Nc1nn(CC(F)F)c2ccccc12)C1CCn2ccnc2C1. The molecule has 4 rings (SSSR count). The molecule has 8 heteroatoms. The normalized spacial score (nSPS) is 17.0. The number of hydrogen-bond acceptors (Lipinski definition) is 3. The summed E-state index contributed by atoms with van der Waals surface area (Å²) < 4.78 is 28.8. The molecule has 1 aromatic carbocycles. The Hall–Kier alpha value is -2.77. The molecule has 0 spiro atoms. The fraction of sp³-hybridized carbons (Fsp3) is 0.353. The molecule has 0 radical (unpaired) electrons. The summed E-state index contributed by atoms with van der Waals surface area (Å²) in [6.07, 6.45) is 2.40. The van der Waals surface area contributed by atoms with Gasteiger partial charge in [0, 0.05) is 36.7 Å². The van der Waals surface area contributed by atoms with Crippen molar-refractivity contribution in [2.24, 2.45) is 5.92 Å². The highest BCUT2D eigenvalue weighted by Crippen LogP contribution is 2.26. The van der Waals surface area contributed by atoms with Crippen molar-refractivity contribution in [3.8, 4) is 0 Å². The molecule has 25 heavy (non-hydrogen) atoms. The first kappa shape index (κ1) is 15.7. The van der Waals surface area contributed by atoms with Crippen molar-refractivity contribution in [1.29, 1.82) is 0 Å². The number of alkyl halides is 2. The fourth-order valence-corrected chi connectivity index (χ4v) is 3.28. The van der Waals surface area contributed by atoms with Gasteiger partial charge < -0.3 is 9.88 Å². The third-order valence-electron chi connectivity index (χ3n) is 4.53. The molecule has 0 bridgehead atoms. The molecule has 0 fully saturated rings. The zero-order chi connectivity index (χ0) is 17.4. The number of fused-ring (bicyclic) bond motifs is 2. The summed E-state index contributed by atoms with van der Waals surface area (Å²) in [5.74, 6) is 0.866. The number of amides is 1. The van der Waals surface area contributed by atoms with E-state index in [4.69, 9.17) is 0 Å². The Bertz CT molecular complexity index is 917. The second-order valence-electron chi connectivity index (χ2n) is 6.15. The number of anilines is 1. The minimum Gasteiger partial charge on any atom is -0.335 e. The molecule has 1 unspecified atom stereocenters. The molecule has 3 heterocycles. The van der Waals surface area contributed by atoms with Crippen molar-refractivity contribution in [1.82, 2.24) is 19.3 Å². The van der Waals surface area contributed by atoms with Crippen LogP contribution >= 0.6 is 0 Å². The first-order valence-electron chi connectivity index (χ1n) is 8.16. The van der Waals surface area contributed by atoms with Crippen LogP contribution in [0.5, 0.6) is 0 Å². The van der Waals surface area contributed by atoms with Gasteiger partial charge in [-0.1, -0.05) is 12.1 Å². The van der Waals surface area contributed by atoms with Gasteiger partial charge >= 0.3 is 0 Å². The van der Waals surface area contributed by atoms with Crippen LogP contribution in [0.1, 0.15) is 12.2 Å². The maximum absolute atomic E-state index is 12.8. The summed E-state index contributed by atoms with van der Waals surface area (Å²) in [7, 11) is 0. The molecule has 0 aliphatic carbocycles. The van der Waals surface area contributed by atoms with E-state index in [1.54, 1.807) is 30.5 Å². The van der Waals surface area contributed by atoms with Crippen molar-refractivity contribution < 1.29 is 13.6 Å². The van der Waals surface area contributed by atoms with E-state index in [1.807, 2.05) is 10.8 Å². The minimum atomic E-state index is -2.51. The lowest BCUT2D eigenvalue weighted by molar-refractivity contribution is -0.120.